The number of hydrogen-bond donors (Lipinski definition) is 0. The molecule has 0 amide bonds. The second-order valence-corrected chi connectivity index (χ2v) is 9.54. The van der Waals surface area contributed by atoms with E-state index in [9.17, 15) is 0 Å². The molecule has 0 spiro atoms. The van der Waals surface area contributed by atoms with Crippen LogP contribution in [0.1, 0.15) is 23.1 Å². The van der Waals surface area contributed by atoms with Crippen molar-refractivity contribution < 1.29 is 4.42 Å². The van der Waals surface area contributed by atoms with Crippen molar-refractivity contribution in [3.8, 4) is 11.5 Å². The van der Waals surface area contributed by atoms with Crippen LogP contribution >= 0.6 is 27.5 Å². The van der Waals surface area contributed by atoms with Crippen molar-refractivity contribution >= 4 is 27.5 Å². The Morgan fingerprint density at radius 1 is 0.848 bits per heavy atom. The Balaban J connectivity index is 1.27. The first-order chi connectivity index (χ1) is 16.2. The summed E-state index contributed by atoms with van der Waals surface area (Å²) >= 11 is 9.82. The van der Waals surface area contributed by atoms with E-state index in [-0.39, 0.29) is 6.04 Å². The van der Waals surface area contributed by atoms with E-state index < -0.39 is 0 Å². The van der Waals surface area contributed by atoms with Crippen LogP contribution < -0.4 is 0 Å². The number of nitrogens with zero attached hydrogens (tertiary/aromatic N) is 4. The van der Waals surface area contributed by atoms with Crippen LogP contribution in [-0.4, -0.2) is 46.2 Å². The van der Waals surface area contributed by atoms with Gasteiger partial charge in [-0.15, -0.1) is 10.2 Å². The smallest absolute Gasteiger partial charge is 0.247 e. The summed E-state index contributed by atoms with van der Waals surface area (Å²) in [5.74, 6) is 1.20. The van der Waals surface area contributed by atoms with Crippen molar-refractivity contribution in [1.82, 2.24) is 20.0 Å². The lowest BCUT2D eigenvalue weighted by Gasteiger charge is -2.39. The first kappa shape index (κ1) is 22.3. The number of piperazine rings is 1. The molecule has 2 heterocycles. The van der Waals surface area contributed by atoms with Crippen molar-refractivity contribution in [3.05, 3.63) is 105 Å². The molecule has 3 aromatic carbocycles. The molecule has 1 aliphatic rings. The maximum absolute atomic E-state index is 6.33. The molecular formula is C26H24BrClN4O. The Morgan fingerprint density at radius 3 is 2.36 bits per heavy atom. The Kier molecular flexibility index (Phi) is 6.88. The van der Waals surface area contributed by atoms with E-state index in [2.05, 4.69) is 78.4 Å². The van der Waals surface area contributed by atoms with Gasteiger partial charge in [-0.3, -0.25) is 9.80 Å². The van der Waals surface area contributed by atoms with Gasteiger partial charge in [-0.2, -0.15) is 0 Å². The lowest BCUT2D eigenvalue weighted by Crippen LogP contribution is -2.47. The molecule has 0 saturated carbocycles. The monoisotopic (exact) mass is 522 g/mol. The second-order valence-electron chi connectivity index (χ2n) is 8.19. The number of rotatable bonds is 6. The minimum Gasteiger partial charge on any atom is -0.419 e. The first-order valence-corrected chi connectivity index (χ1v) is 12.2. The standard InChI is InChI=1S/C26H24BrClN4O/c27-22-10-4-9-21(16-22)26-30-29-24(33-26)18-31-12-14-32(15-13-31)25(19-6-2-1-3-7-19)20-8-5-11-23(28)17-20/h1-11,16-17,25H,12-15,18H2/t25-/m0/s1. The molecule has 168 valence electrons. The van der Waals surface area contributed by atoms with E-state index in [1.165, 1.54) is 11.1 Å². The molecule has 5 rings (SSSR count). The molecule has 33 heavy (non-hydrogen) atoms. The molecule has 0 radical (unpaired) electrons. The lowest BCUT2D eigenvalue weighted by atomic mass is 9.96. The fourth-order valence-corrected chi connectivity index (χ4v) is 4.95. The van der Waals surface area contributed by atoms with Crippen molar-refractivity contribution in [3.63, 3.8) is 0 Å². The maximum atomic E-state index is 6.33. The van der Waals surface area contributed by atoms with Crippen molar-refractivity contribution in [2.24, 2.45) is 0 Å². The zero-order valence-corrected chi connectivity index (χ0v) is 20.4. The Morgan fingerprint density at radius 2 is 1.61 bits per heavy atom. The number of hydrogen-bond acceptors (Lipinski definition) is 5. The fraction of sp³-hybridized carbons (Fsp3) is 0.231. The van der Waals surface area contributed by atoms with Gasteiger partial charge in [0, 0.05) is 41.2 Å². The molecular weight excluding hydrogens is 500 g/mol. The summed E-state index contributed by atoms with van der Waals surface area (Å²) in [7, 11) is 0. The van der Waals surface area contributed by atoms with Crippen molar-refractivity contribution in [2.45, 2.75) is 12.6 Å². The van der Waals surface area contributed by atoms with E-state index in [0.29, 0.717) is 18.3 Å². The highest BCUT2D eigenvalue weighted by molar-refractivity contribution is 9.10. The highest BCUT2D eigenvalue weighted by Gasteiger charge is 2.27. The van der Waals surface area contributed by atoms with Crippen LogP contribution in [0, 0.1) is 0 Å². The van der Waals surface area contributed by atoms with Gasteiger partial charge >= 0.3 is 0 Å². The molecule has 1 aromatic heterocycles. The molecule has 0 aliphatic carbocycles. The Bertz CT molecular complexity index is 1210. The molecule has 7 heteroatoms. The van der Waals surface area contributed by atoms with Gasteiger partial charge in [0.1, 0.15) is 0 Å². The van der Waals surface area contributed by atoms with Crippen LogP contribution in [-0.2, 0) is 6.54 Å². The van der Waals surface area contributed by atoms with Crippen LogP contribution in [0.3, 0.4) is 0 Å². The Hall–Kier alpha value is -2.51. The van der Waals surface area contributed by atoms with E-state index >= 15 is 0 Å². The highest BCUT2D eigenvalue weighted by Crippen LogP contribution is 2.31. The fourth-order valence-electron chi connectivity index (χ4n) is 4.35. The van der Waals surface area contributed by atoms with Gasteiger partial charge in [0.05, 0.1) is 12.6 Å². The van der Waals surface area contributed by atoms with Gasteiger partial charge < -0.3 is 4.42 Å². The molecule has 1 atom stereocenters. The van der Waals surface area contributed by atoms with Gasteiger partial charge in [0.2, 0.25) is 11.8 Å². The third-order valence-corrected chi connectivity index (χ3v) is 6.68. The van der Waals surface area contributed by atoms with Crippen LogP contribution in [0.5, 0.6) is 0 Å². The van der Waals surface area contributed by atoms with Crippen LogP contribution in [0.4, 0.5) is 0 Å². The van der Waals surface area contributed by atoms with Gasteiger partial charge in [-0.1, -0.05) is 76.1 Å². The summed E-state index contributed by atoms with van der Waals surface area (Å²) in [6, 6.07) is 26.9. The summed E-state index contributed by atoms with van der Waals surface area (Å²) in [5, 5.41) is 9.28. The quantitative estimate of drug-likeness (QED) is 0.307. The summed E-state index contributed by atoms with van der Waals surface area (Å²) < 4.78 is 6.93. The molecule has 0 unspecified atom stereocenters. The number of benzene rings is 3. The largest absolute Gasteiger partial charge is 0.419 e. The van der Waals surface area contributed by atoms with E-state index in [0.717, 1.165) is 41.2 Å². The van der Waals surface area contributed by atoms with E-state index in [1.807, 2.05) is 36.4 Å². The molecule has 1 saturated heterocycles. The molecule has 1 fully saturated rings. The number of halogens is 2. The average molecular weight is 524 g/mol. The first-order valence-electron chi connectivity index (χ1n) is 11.0. The second kappa shape index (κ2) is 10.2. The summed E-state index contributed by atoms with van der Waals surface area (Å²) in [5.41, 5.74) is 3.42. The maximum Gasteiger partial charge on any atom is 0.247 e. The third kappa shape index (κ3) is 5.36. The third-order valence-electron chi connectivity index (χ3n) is 5.95. The van der Waals surface area contributed by atoms with Crippen molar-refractivity contribution in [2.75, 3.05) is 26.2 Å². The van der Waals surface area contributed by atoms with Gasteiger partial charge in [0.25, 0.3) is 0 Å². The minimum absolute atomic E-state index is 0.179. The molecule has 1 aliphatic heterocycles. The van der Waals surface area contributed by atoms with E-state index in [4.69, 9.17) is 16.0 Å². The Labute approximate surface area is 207 Å². The zero-order valence-electron chi connectivity index (χ0n) is 18.1. The SMILES string of the molecule is Clc1cccc([C@H](c2ccccc2)N2CCN(Cc3nnc(-c4cccc(Br)c4)o3)CC2)c1. The lowest BCUT2D eigenvalue weighted by molar-refractivity contribution is 0.0986. The predicted molar refractivity (Wildman–Crippen MR) is 134 cm³/mol. The molecule has 5 nitrogen and oxygen atoms in total. The highest BCUT2D eigenvalue weighted by atomic mass is 79.9. The summed E-state index contributed by atoms with van der Waals surface area (Å²) in [4.78, 5) is 4.90. The number of aromatic nitrogens is 2. The summed E-state index contributed by atoms with van der Waals surface area (Å²) in [6.07, 6.45) is 0. The van der Waals surface area contributed by atoms with E-state index in [1.54, 1.807) is 0 Å². The molecule has 4 aromatic rings. The van der Waals surface area contributed by atoms with Gasteiger partial charge in [0.15, 0.2) is 0 Å². The normalized spacial score (nSPS) is 16.1. The molecule has 0 bridgehead atoms. The van der Waals surface area contributed by atoms with Crippen LogP contribution in [0.15, 0.2) is 87.8 Å². The van der Waals surface area contributed by atoms with Crippen molar-refractivity contribution in [1.29, 1.82) is 0 Å². The topological polar surface area (TPSA) is 45.4 Å². The zero-order chi connectivity index (χ0) is 22.6. The average Bonchev–Trinajstić information content (AvgIpc) is 3.30. The minimum atomic E-state index is 0.179. The van der Waals surface area contributed by atoms with Gasteiger partial charge in [-0.05, 0) is 41.5 Å². The summed E-state index contributed by atoms with van der Waals surface area (Å²) in [6.45, 7) is 4.40. The van der Waals surface area contributed by atoms with Crippen LogP contribution in [0.25, 0.3) is 11.5 Å². The van der Waals surface area contributed by atoms with Crippen LogP contribution in [0.2, 0.25) is 5.02 Å². The van der Waals surface area contributed by atoms with Gasteiger partial charge in [-0.25, -0.2) is 0 Å². The predicted octanol–water partition coefficient (Wildman–Crippen LogP) is 6.06. The molecule has 0 N–H and O–H groups in total.